The second kappa shape index (κ2) is 6.10. The van der Waals surface area contributed by atoms with Gasteiger partial charge in [-0.15, -0.1) is 24.8 Å². The number of rotatable bonds is 3. The molecule has 0 radical (unpaired) electrons. The van der Waals surface area contributed by atoms with Crippen LogP contribution in [0.25, 0.3) is 0 Å². The zero-order valence-electron chi connectivity index (χ0n) is 7.58. The largest absolute Gasteiger partial charge is 0.396 e. The number of hydrogen-bond donors (Lipinski definition) is 1. The van der Waals surface area contributed by atoms with Gasteiger partial charge >= 0.3 is 0 Å². The molecule has 0 fully saturated rings. The summed E-state index contributed by atoms with van der Waals surface area (Å²) < 4.78 is 23.0. The fourth-order valence-electron chi connectivity index (χ4n) is 0.761. The molecule has 0 spiro atoms. The van der Waals surface area contributed by atoms with Crippen LogP contribution in [-0.4, -0.2) is 30.2 Å². The number of nitrogens with zero attached hydrogens (tertiary/aromatic N) is 2. The minimum atomic E-state index is -2.91. The molecule has 0 amide bonds. The van der Waals surface area contributed by atoms with Gasteiger partial charge in [-0.1, -0.05) is 0 Å². The molecular weight excluding hydrogens is 249 g/mol. The molecule has 0 aliphatic carbocycles. The molecule has 14 heavy (non-hydrogen) atoms. The first-order valence-corrected chi connectivity index (χ1v) is 5.49. The van der Waals surface area contributed by atoms with Crippen molar-refractivity contribution in [3.8, 4) is 0 Å². The Morgan fingerprint density at radius 3 is 2.43 bits per heavy atom. The van der Waals surface area contributed by atoms with Gasteiger partial charge in [0.25, 0.3) is 0 Å². The van der Waals surface area contributed by atoms with Crippen molar-refractivity contribution < 1.29 is 8.42 Å². The van der Waals surface area contributed by atoms with Gasteiger partial charge in [-0.2, -0.15) is 5.10 Å². The van der Waals surface area contributed by atoms with Crippen molar-refractivity contribution in [1.82, 2.24) is 9.78 Å². The Labute approximate surface area is 95.4 Å². The van der Waals surface area contributed by atoms with Gasteiger partial charge in [0, 0.05) is 12.5 Å². The molecule has 0 saturated carbocycles. The predicted octanol–water partition coefficient (Wildman–Crippen LogP) is 0.353. The van der Waals surface area contributed by atoms with E-state index in [1.165, 1.54) is 17.1 Å². The number of halogens is 2. The van der Waals surface area contributed by atoms with Crippen LogP contribution >= 0.6 is 24.8 Å². The summed E-state index contributed by atoms with van der Waals surface area (Å²) in [5.74, 6) is 0.0914. The lowest BCUT2D eigenvalue weighted by Gasteiger charge is -1.98. The second-order valence-electron chi connectivity index (χ2n) is 2.67. The van der Waals surface area contributed by atoms with E-state index in [4.69, 9.17) is 5.73 Å². The minimum Gasteiger partial charge on any atom is -0.396 e. The highest BCUT2D eigenvalue weighted by molar-refractivity contribution is 7.90. The van der Waals surface area contributed by atoms with Crippen LogP contribution in [0.15, 0.2) is 12.4 Å². The molecule has 0 aromatic carbocycles. The summed E-state index contributed by atoms with van der Waals surface area (Å²) in [5, 5.41) is 3.85. The lowest BCUT2D eigenvalue weighted by Crippen LogP contribution is -2.11. The molecule has 1 aromatic heterocycles. The van der Waals surface area contributed by atoms with E-state index in [0.717, 1.165) is 0 Å². The van der Waals surface area contributed by atoms with Gasteiger partial charge in [0.15, 0.2) is 0 Å². The van der Waals surface area contributed by atoms with Crippen LogP contribution < -0.4 is 5.73 Å². The van der Waals surface area contributed by atoms with Crippen LogP contribution in [0.2, 0.25) is 0 Å². The van der Waals surface area contributed by atoms with Crippen molar-refractivity contribution >= 4 is 40.3 Å². The number of nitrogen functional groups attached to an aromatic ring is 1. The molecule has 8 heteroatoms. The standard InChI is InChI=1S/C6H11N3O2S.2ClH/c1-12(10,11)3-2-9-5-6(7)4-8-9;;/h4-5H,2-3,7H2,1H3;2*1H. The van der Waals surface area contributed by atoms with E-state index in [0.29, 0.717) is 12.2 Å². The number of anilines is 1. The molecule has 1 aromatic rings. The van der Waals surface area contributed by atoms with E-state index < -0.39 is 9.84 Å². The van der Waals surface area contributed by atoms with Gasteiger partial charge in [0.2, 0.25) is 0 Å². The monoisotopic (exact) mass is 261 g/mol. The van der Waals surface area contributed by atoms with E-state index in [1.54, 1.807) is 6.20 Å². The molecule has 0 bridgehead atoms. The maximum absolute atomic E-state index is 10.7. The van der Waals surface area contributed by atoms with Crippen LogP contribution in [0.5, 0.6) is 0 Å². The molecule has 0 aliphatic rings. The fraction of sp³-hybridized carbons (Fsp3) is 0.500. The van der Waals surface area contributed by atoms with Crippen molar-refractivity contribution in [2.75, 3.05) is 17.7 Å². The molecule has 84 valence electrons. The summed E-state index contributed by atoms with van der Waals surface area (Å²) in [5.41, 5.74) is 5.93. The highest BCUT2D eigenvalue weighted by atomic mass is 35.5. The Kier molecular flexibility index (Phi) is 6.97. The average Bonchev–Trinajstić information content (AvgIpc) is 2.30. The van der Waals surface area contributed by atoms with Crippen LogP contribution in [-0.2, 0) is 16.4 Å². The third-order valence-corrected chi connectivity index (χ3v) is 2.27. The summed E-state index contributed by atoms with van der Waals surface area (Å²) in [6, 6.07) is 0. The number of sulfone groups is 1. The maximum Gasteiger partial charge on any atom is 0.149 e. The van der Waals surface area contributed by atoms with Crippen molar-refractivity contribution in [2.24, 2.45) is 0 Å². The number of aryl methyl sites for hydroxylation is 1. The van der Waals surface area contributed by atoms with E-state index in [-0.39, 0.29) is 30.6 Å². The molecule has 0 atom stereocenters. The summed E-state index contributed by atoms with van der Waals surface area (Å²) in [4.78, 5) is 0. The molecule has 1 heterocycles. The minimum absolute atomic E-state index is 0. The predicted molar refractivity (Wildman–Crippen MR) is 60.8 cm³/mol. The average molecular weight is 262 g/mol. The Bertz CT molecular complexity index is 363. The van der Waals surface area contributed by atoms with Crippen molar-refractivity contribution in [3.63, 3.8) is 0 Å². The highest BCUT2D eigenvalue weighted by Crippen LogP contribution is 1.97. The topological polar surface area (TPSA) is 78.0 Å². The summed E-state index contributed by atoms with van der Waals surface area (Å²) in [6.45, 7) is 0.357. The fourth-order valence-corrected chi connectivity index (χ4v) is 1.28. The van der Waals surface area contributed by atoms with Gasteiger partial charge in [-0.3, -0.25) is 4.68 Å². The molecule has 2 N–H and O–H groups in total. The summed E-state index contributed by atoms with van der Waals surface area (Å²) >= 11 is 0. The van der Waals surface area contributed by atoms with Gasteiger partial charge in [0.1, 0.15) is 9.84 Å². The Hall–Kier alpha value is -0.460. The lowest BCUT2D eigenvalue weighted by atomic mass is 10.6. The molecule has 0 unspecified atom stereocenters. The number of nitrogens with two attached hydrogens (primary N) is 1. The van der Waals surface area contributed by atoms with Crippen LogP contribution in [0.4, 0.5) is 5.69 Å². The van der Waals surface area contributed by atoms with Gasteiger partial charge in [0.05, 0.1) is 24.2 Å². The maximum atomic E-state index is 10.7. The van der Waals surface area contributed by atoms with Crippen LogP contribution in [0, 0.1) is 0 Å². The second-order valence-corrected chi connectivity index (χ2v) is 4.93. The van der Waals surface area contributed by atoms with Crippen molar-refractivity contribution in [1.29, 1.82) is 0 Å². The molecule has 1 rings (SSSR count). The Morgan fingerprint density at radius 1 is 1.50 bits per heavy atom. The van der Waals surface area contributed by atoms with E-state index in [1.807, 2.05) is 0 Å². The SMILES string of the molecule is CS(=O)(=O)CCn1cc(N)cn1.Cl.Cl. The molecular formula is C6H13Cl2N3O2S. The highest BCUT2D eigenvalue weighted by Gasteiger charge is 2.02. The smallest absolute Gasteiger partial charge is 0.149 e. The van der Waals surface area contributed by atoms with E-state index in [2.05, 4.69) is 5.10 Å². The van der Waals surface area contributed by atoms with Gasteiger partial charge in [-0.05, 0) is 0 Å². The van der Waals surface area contributed by atoms with Gasteiger partial charge < -0.3 is 5.73 Å². The van der Waals surface area contributed by atoms with Crippen molar-refractivity contribution in [2.45, 2.75) is 6.54 Å². The zero-order valence-corrected chi connectivity index (χ0v) is 10.0. The van der Waals surface area contributed by atoms with E-state index in [9.17, 15) is 8.42 Å². The lowest BCUT2D eigenvalue weighted by molar-refractivity contribution is 0.586. The van der Waals surface area contributed by atoms with Crippen LogP contribution in [0.1, 0.15) is 0 Å². The van der Waals surface area contributed by atoms with Crippen molar-refractivity contribution in [3.05, 3.63) is 12.4 Å². The van der Waals surface area contributed by atoms with Gasteiger partial charge in [-0.25, -0.2) is 8.42 Å². The Morgan fingerprint density at radius 2 is 2.07 bits per heavy atom. The normalized spacial score (nSPS) is 10.1. The third-order valence-electron chi connectivity index (χ3n) is 1.34. The summed E-state index contributed by atoms with van der Waals surface area (Å²) in [7, 11) is -2.91. The zero-order chi connectivity index (χ0) is 9.19. The van der Waals surface area contributed by atoms with E-state index >= 15 is 0 Å². The number of aromatic nitrogens is 2. The number of hydrogen-bond acceptors (Lipinski definition) is 4. The summed E-state index contributed by atoms with van der Waals surface area (Å²) in [6.07, 6.45) is 4.29. The quantitative estimate of drug-likeness (QED) is 0.852. The first-order chi connectivity index (χ1) is 5.47. The molecule has 5 nitrogen and oxygen atoms in total. The first kappa shape index (κ1) is 16.0. The molecule has 0 saturated heterocycles. The first-order valence-electron chi connectivity index (χ1n) is 3.43. The van der Waals surface area contributed by atoms with Crippen LogP contribution in [0.3, 0.4) is 0 Å². The molecule has 0 aliphatic heterocycles. The Balaban J connectivity index is 0. The third kappa shape index (κ3) is 6.06.